The minimum Gasteiger partial charge on any atom is -0.455 e. The second kappa shape index (κ2) is 6.04. The van der Waals surface area contributed by atoms with Crippen LogP contribution in [0.3, 0.4) is 0 Å². The number of hydrogen-bond acceptors (Lipinski definition) is 2. The molecule has 0 radical (unpaired) electrons. The third kappa shape index (κ3) is 3.21. The van der Waals surface area contributed by atoms with Gasteiger partial charge in [-0.2, -0.15) is 0 Å². The molecule has 2 aliphatic rings. The van der Waals surface area contributed by atoms with Gasteiger partial charge in [-0.15, -0.1) is 0 Å². The van der Waals surface area contributed by atoms with Crippen LogP contribution in [0.4, 0.5) is 0 Å². The number of esters is 1. The lowest BCUT2D eigenvalue weighted by Gasteiger charge is -2.29. The minimum absolute atomic E-state index is 0.0438. The maximum absolute atomic E-state index is 11.3. The summed E-state index contributed by atoms with van der Waals surface area (Å²) in [5, 5.41) is 0. The molecule has 2 aliphatic carbocycles. The molecule has 0 spiro atoms. The molecular weight excluding hydrogens is 212 g/mol. The molecule has 94 valence electrons. The van der Waals surface area contributed by atoms with E-state index in [1.54, 1.807) is 5.57 Å². The summed E-state index contributed by atoms with van der Waals surface area (Å²) < 4.78 is 5.49. The lowest BCUT2D eigenvalue weighted by Crippen LogP contribution is -2.24. The van der Waals surface area contributed by atoms with Gasteiger partial charge in [0.2, 0.25) is 0 Å². The highest BCUT2D eigenvalue weighted by Gasteiger charge is 2.25. The van der Waals surface area contributed by atoms with Crippen LogP contribution in [0.25, 0.3) is 0 Å². The van der Waals surface area contributed by atoms with E-state index in [9.17, 15) is 4.79 Å². The predicted octanol–water partition coefficient (Wildman–Crippen LogP) is 3.92. The van der Waals surface area contributed by atoms with Crippen molar-refractivity contribution in [3.05, 3.63) is 23.8 Å². The van der Waals surface area contributed by atoms with Crippen molar-refractivity contribution in [2.45, 2.75) is 63.9 Å². The highest BCUT2D eigenvalue weighted by Crippen LogP contribution is 2.35. The van der Waals surface area contributed by atoms with Gasteiger partial charge >= 0.3 is 5.97 Å². The van der Waals surface area contributed by atoms with Crippen LogP contribution >= 0.6 is 0 Å². The lowest BCUT2D eigenvalue weighted by atomic mass is 9.82. The minimum atomic E-state index is -0.272. The topological polar surface area (TPSA) is 26.3 Å². The summed E-state index contributed by atoms with van der Waals surface area (Å²) in [6.45, 7) is 3.47. The molecule has 2 fully saturated rings. The monoisotopic (exact) mass is 234 g/mol. The highest BCUT2D eigenvalue weighted by atomic mass is 16.5. The summed E-state index contributed by atoms with van der Waals surface area (Å²) in [5.74, 6) is -0.272. The molecule has 0 bridgehead atoms. The Morgan fingerprint density at radius 2 is 1.82 bits per heavy atom. The van der Waals surface area contributed by atoms with Crippen LogP contribution < -0.4 is 0 Å². The Hall–Kier alpha value is -1.05. The average Bonchev–Trinajstić information content (AvgIpc) is 2.40. The Kier molecular flexibility index (Phi) is 4.41. The van der Waals surface area contributed by atoms with Crippen molar-refractivity contribution in [1.82, 2.24) is 0 Å². The number of carbonyl (C=O) groups excluding carboxylic acids is 1. The van der Waals surface area contributed by atoms with Crippen molar-refractivity contribution in [1.29, 1.82) is 0 Å². The van der Waals surface area contributed by atoms with E-state index in [0.717, 1.165) is 12.8 Å². The van der Waals surface area contributed by atoms with Crippen LogP contribution in [0.2, 0.25) is 0 Å². The Morgan fingerprint density at radius 1 is 1.12 bits per heavy atom. The van der Waals surface area contributed by atoms with E-state index in [1.807, 2.05) is 0 Å². The first-order valence-electron chi connectivity index (χ1n) is 6.85. The van der Waals surface area contributed by atoms with Crippen LogP contribution in [0.1, 0.15) is 57.8 Å². The van der Waals surface area contributed by atoms with Gasteiger partial charge < -0.3 is 4.74 Å². The number of hydrogen-bond donors (Lipinski definition) is 0. The van der Waals surface area contributed by atoms with E-state index in [0.29, 0.717) is 0 Å². The van der Waals surface area contributed by atoms with Gasteiger partial charge in [0.15, 0.2) is 0 Å². The molecule has 0 aromatic heterocycles. The third-order valence-corrected chi connectivity index (χ3v) is 3.89. The smallest absolute Gasteiger partial charge is 0.330 e. The maximum Gasteiger partial charge on any atom is 0.330 e. The molecule has 0 aromatic rings. The molecule has 1 unspecified atom stereocenters. The van der Waals surface area contributed by atoms with Crippen molar-refractivity contribution >= 4 is 5.97 Å². The second-order valence-corrected chi connectivity index (χ2v) is 5.06. The molecule has 2 nitrogen and oxygen atoms in total. The molecule has 1 atom stereocenters. The van der Waals surface area contributed by atoms with Gasteiger partial charge in [0.1, 0.15) is 6.10 Å². The number of ether oxygens (including phenoxy) is 1. The van der Waals surface area contributed by atoms with E-state index in [2.05, 4.69) is 6.58 Å². The van der Waals surface area contributed by atoms with Crippen molar-refractivity contribution in [3.63, 3.8) is 0 Å². The molecule has 2 saturated carbocycles. The molecule has 0 heterocycles. The fourth-order valence-electron chi connectivity index (χ4n) is 3.00. The predicted molar refractivity (Wildman–Crippen MR) is 68.7 cm³/mol. The van der Waals surface area contributed by atoms with E-state index in [-0.39, 0.29) is 12.1 Å². The van der Waals surface area contributed by atoms with Gasteiger partial charge in [-0.25, -0.2) is 4.79 Å². The van der Waals surface area contributed by atoms with E-state index in [4.69, 9.17) is 4.74 Å². The Morgan fingerprint density at radius 3 is 2.53 bits per heavy atom. The largest absolute Gasteiger partial charge is 0.455 e. The van der Waals surface area contributed by atoms with Gasteiger partial charge in [-0.1, -0.05) is 18.6 Å². The first kappa shape index (κ1) is 12.4. The Balaban J connectivity index is 2.10. The molecule has 0 N–H and O–H groups in total. The molecule has 0 aliphatic heterocycles. The van der Waals surface area contributed by atoms with Crippen LogP contribution in [0, 0.1) is 0 Å². The molecule has 2 rings (SSSR count). The summed E-state index contributed by atoms with van der Waals surface area (Å²) in [6.07, 6.45) is 12.3. The molecule has 2 heteroatoms. The zero-order chi connectivity index (χ0) is 12.1. The summed E-state index contributed by atoms with van der Waals surface area (Å²) in [6, 6.07) is 0. The molecular formula is C15H22O2. The van der Waals surface area contributed by atoms with E-state index >= 15 is 0 Å². The van der Waals surface area contributed by atoms with Crippen LogP contribution in [-0.2, 0) is 9.53 Å². The maximum atomic E-state index is 11.3. The van der Waals surface area contributed by atoms with Crippen molar-refractivity contribution in [3.8, 4) is 0 Å². The van der Waals surface area contributed by atoms with Gasteiger partial charge in [0.05, 0.1) is 0 Å². The van der Waals surface area contributed by atoms with E-state index in [1.165, 1.54) is 56.6 Å². The quantitative estimate of drug-likeness (QED) is 0.411. The summed E-state index contributed by atoms with van der Waals surface area (Å²) >= 11 is 0. The zero-order valence-electron chi connectivity index (χ0n) is 10.5. The first-order valence-corrected chi connectivity index (χ1v) is 6.85. The summed E-state index contributed by atoms with van der Waals surface area (Å²) in [5.41, 5.74) is 3.02. The van der Waals surface area contributed by atoms with Gasteiger partial charge in [0.25, 0.3) is 0 Å². The average molecular weight is 234 g/mol. The van der Waals surface area contributed by atoms with Crippen LogP contribution in [0.5, 0.6) is 0 Å². The number of rotatable bonds is 2. The lowest BCUT2D eigenvalue weighted by molar-refractivity contribution is -0.142. The standard InChI is InChI=1S/C15H22O2/c1-2-15(16)17-14-11-7-6-10-13(14)12-8-4-3-5-9-12/h2,14H,1,3-11H2. The van der Waals surface area contributed by atoms with Crippen molar-refractivity contribution in [2.75, 3.05) is 0 Å². The fourth-order valence-corrected chi connectivity index (χ4v) is 3.00. The first-order chi connectivity index (χ1) is 8.31. The Labute approximate surface area is 104 Å². The molecule has 0 saturated heterocycles. The SMILES string of the molecule is C=CC(=O)OC1CCCCC1=C1CCCCC1. The summed E-state index contributed by atoms with van der Waals surface area (Å²) in [7, 11) is 0. The number of carbonyl (C=O) groups is 1. The van der Waals surface area contributed by atoms with Gasteiger partial charge in [0, 0.05) is 6.08 Å². The second-order valence-electron chi connectivity index (χ2n) is 5.06. The van der Waals surface area contributed by atoms with Gasteiger partial charge in [-0.05, 0) is 56.9 Å². The fraction of sp³-hybridized carbons (Fsp3) is 0.667. The number of allylic oxidation sites excluding steroid dienone is 1. The zero-order valence-corrected chi connectivity index (χ0v) is 10.5. The third-order valence-electron chi connectivity index (χ3n) is 3.89. The summed E-state index contributed by atoms with van der Waals surface area (Å²) in [4.78, 5) is 11.3. The van der Waals surface area contributed by atoms with Crippen LogP contribution in [-0.4, -0.2) is 12.1 Å². The normalized spacial score (nSPS) is 25.5. The van der Waals surface area contributed by atoms with Crippen molar-refractivity contribution in [2.24, 2.45) is 0 Å². The van der Waals surface area contributed by atoms with Crippen molar-refractivity contribution < 1.29 is 9.53 Å². The molecule has 17 heavy (non-hydrogen) atoms. The van der Waals surface area contributed by atoms with Crippen LogP contribution in [0.15, 0.2) is 23.8 Å². The Bertz CT molecular complexity index is 320. The molecule has 0 aromatic carbocycles. The molecule has 0 amide bonds. The highest BCUT2D eigenvalue weighted by molar-refractivity contribution is 5.81. The van der Waals surface area contributed by atoms with Gasteiger partial charge in [-0.3, -0.25) is 0 Å². The van der Waals surface area contributed by atoms with E-state index < -0.39 is 0 Å².